The van der Waals surface area contributed by atoms with E-state index in [0.717, 1.165) is 24.2 Å². The summed E-state index contributed by atoms with van der Waals surface area (Å²) in [7, 11) is 1.94. The van der Waals surface area contributed by atoms with Gasteiger partial charge in [-0.05, 0) is 12.8 Å². The summed E-state index contributed by atoms with van der Waals surface area (Å²) in [4.78, 5) is 14.2. The number of thioether (sulfide) groups is 1. The van der Waals surface area contributed by atoms with E-state index < -0.39 is 0 Å². The Kier molecular flexibility index (Phi) is 6.07. The molecule has 0 aliphatic carbocycles. The number of hydrogen-bond donors (Lipinski definition) is 1. The molecule has 0 saturated carbocycles. The first-order chi connectivity index (χ1) is 10.5. The summed E-state index contributed by atoms with van der Waals surface area (Å²) in [5.41, 5.74) is 0. The predicted octanol–water partition coefficient (Wildman–Crippen LogP) is 0.905. The van der Waals surface area contributed by atoms with Crippen molar-refractivity contribution < 1.29 is 9.53 Å². The Balaban J connectivity index is 1.95. The van der Waals surface area contributed by atoms with Crippen LogP contribution in [-0.2, 0) is 16.6 Å². The molecule has 22 heavy (non-hydrogen) atoms. The summed E-state index contributed by atoms with van der Waals surface area (Å²) in [6.07, 6.45) is 0. The number of nitrogens with zero attached hydrogens (tertiary/aromatic N) is 4. The minimum Gasteiger partial charge on any atom is -0.378 e. The molecule has 1 aliphatic heterocycles. The molecule has 1 fully saturated rings. The van der Waals surface area contributed by atoms with Gasteiger partial charge in [-0.2, -0.15) is 0 Å². The number of anilines is 1. The van der Waals surface area contributed by atoms with Gasteiger partial charge in [0.2, 0.25) is 11.9 Å². The zero-order valence-electron chi connectivity index (χ0n) is 13.7. The van der Waals surface area contributed by atoms with Crippen molar-refractivity contribution in [2.75, 3.05) is 37.7 Å². The maximum Gasteiger partial charge on any atom is 0.233 e. The Hall–Kier alpha value is -1.28. The number of hydrogen-bond acceptors (Lipinski definition) is 6. The van der Waals surface area contributed by atoms with Crippen molar-refractivity contribution in [3.8, 4) is 0 Å². The van der Waals surface area contributed by atoms with E-state index in [9.17, 15) is 4.79 Å². The molecule has 0 aromatic carbocycles. The molecule has 1 aromatic heterocycles. The van der Waals surface area contributed by atoms with Gasteiger partial charge in [-0.25, -0.2) is 0 Å². The van der Waals surface area contributed by atoms with Crippen LogP contribution in [-0.4, -0.2) is 58.8 Å². The first-order valence-corrected chi connectivity index (χ1v) is 8.53. The number of aromatic nitrogens is 3. The quantitative estimate of drug-likeness (QED) is 0.783. The number of morpholine rings is 1. The highest BCUT2D eigenvalue weighted by Crippen LogP contribution is 2.24. The molecule has 1 atom stereocenters. The Bertz CT molecular complexity index is 499. The lowest BCUT2D eigenvalue weighted by Gasteiger charge is -2.27. The van der Waals surface area contributed by atoms with Crippen LogP contribution in [0.5, 0.6) is 0 Å². The second kappa shape index (κ2) is 7.82. The monoisotopic (exact) mass is 327 g/mol. The van der Waals surface area contributed by atoms with Crippen molar-refractivity contribution in [2.24, 2.45) is 13.0 Å². The molecule has 7 nitrogen and oxygen atoms in total. The molecule has 1 amide bonds. The van der Waals surface area contributed by atoms with Gasteiger partial charge < -0.3 is 15.0 Å². The first kappa shape index (κ1) is 17.1. The van der Waals surface area contributed by atoms with E-state index in [1.807, 2.05) is 18.5 Å². The number of rotatable bonds is 6. The Morgan fingerprint density at radius 1 is 1.32 bits per heavy atom. The standard InChI is InChI=1S/C14H25N5O2S/c1-10(2)9-15-12(20)11(3)22-14-17-16-13(18(14)4)19-5-7-21-8-6-19/h10-11H,5-9H2,1-4H3,(H,15,20). The van der Waals surface area contributed by atoms with Crippen LogP contribution in [0.15, 0.2) is 5.16 Å². The van der Waals surface area contributed by atoms with Gasteiger partial charge in [-0.1, -0.05) is 25.6 Å². The maximum atomic E-state index is 12.1. The smallest absolute Gasteiger partial charge is 0.233 e. The van der Waals surface area contributed by atoms with Crippen LogP contribution in [0.2, 0.25) is 0 Å². The number of carbonyl (C=O) groups is 1. The molecule has 1 unspecified atom stereocenters. The average Bonchev–Trinajstić information content (AvgIpc) is 2.86. The van der Waals surface area contributed by atoms with E-state index in [1.165, 1.54) is 11.8 Å². The molecule has 124 valence electrons. The van der Waals surface area contributed by atoms with Crippen LogP contribution >= 0.6 is 11.8 Å². The molecule has 1 aliphatic rings. The van der Waals surface area contributed by atoms with Gasteiger partial charge >= 0.3 is 0 Å². The fraction of sp³-hybridized carbons (Fsp3) is 0.786. The van der Waals surface area contributed by atoms with Crippen molar-refractivity contribution in [1.29, 1.82) is 0 Å². The molecule has 2 heterocycles. The van der Waals surface area contributed by atoms with Gasteiger partial charge in [0.05, 0.1) is 18.5 Å². The normalized spacial score (nSPS) is 16.9. The molecule has 1 saturated heterocycles. The predicted molar refractivity (Wildman–Crippen MR) is 87.2 cm³/mol. The lowest BCUT2D eigenvalue weighted by Crippen LogP contribution is -2.37. The Morgan fingerprint density at radius 3 is 2.64 bits per heavy atom. The van der Waals surface area contributed by atoms with Crippen molar-refractivity contribution in [3.63, 3.8) is 0 Å². The highest BCUT2D eigenvalue weighted by atomic mass is 32.2. The third-order valence-corrected chi connectivity index (χ3v) is 4.58. The molecule has 2 rings (SSSR count). The molecular weight excluding hydrogens is 302 g/mol. The highest BCUT2D eigenvalue weighted by molar-refractivity contribution is 8.00. The van der Waals surface area contributed by atoms with Crippen LogP contribution < -0.4 is 10.2 Å². The average molecular weight is 327 g/mol. The highest BCUT2D eigenvalue weighted by Gasteiger charge is 2.22. The zero-order valence-corrected chi connectivity index (χ0v) is 14.5. The third kappa shape index (κ3) is 4.36. The molecule has 0 radical (unpaired) electrons. The van der Waals surface area contributed by atoms with Gasteiger partial charge in [-0.3, -0.25) is 9.36 Å². The van der Waals surface area contributed by atoms with E-state index in [4.69, 9.17) is 4.74 Å². The minimum atomic E-state index is -0.195. The second-order valence-corrected chi connectivity index (χ2v) is 7.15. The Labute approximate surface area is 135 Å². The Morgan fingerprint density at radius 2 is 2.00 bits per heavy atom. The van der Waals surface area contributed by atoms with Crippen LogP contribution in [0.1, 0.15) is 20.8 Å². The molecule has 0 bridgehead atoms. The molecule has 0 spiro atoms. The van der Waals surface area contributed by atoms with Crippen molar-refractivity contribution in [1.82, 2.24) is 20.1 Å². The van der Waals surface area contributed by atoms with E-state index in [-0.39, 0.29) is 11.2 Å². The lowest BCUT2D eigenvalue weighted by atomic mass is 10.2. The summed E-state index contributed by atoms with van der Waals surface area (Å²) in [6, 6.07) is 0. The van der Waals surface area contributed by atoms with E-state index in [2.05, 4.69) is 34.3 Å². The van der Waals surface area contributed by atoms with Crippen molar-refractivity contribution in [3.05, 3.63) is 0 Å². The van der Waals surface area contributed by atoms with Crippen molar-refractivity contribution in [2.45, 2.75) is 31.2 Å². The van der Waals surface area contributed by atoms with Crippen LogP contribution in [0.3, 0.4) is 0 Å². The zero-order chi connectivity index (χ0) is 16.1. The van der Waals surface area contributed by atoms with Gasteiger partial charge in [0, 0.05) is 26.7 Å². The summed E-state index contributed by atoms with van der Waals surface area (Å²) in [6.45, 7) is 9.81. The summed E-state index contributed by atoms with van der Waals surface area (Å²) >= 11 is 1.43. The fourth-order valence-electron chi connectivity index (χ4n) is 2.11. The number of amides is 1. The maximum absolute atomic E-state index is 12.1. The lowest BCUT2D eigenvalue weighted by molar-refractivity contribution is -0.120. The van der Waals surface area contributed by atoms with Gasteiger partial charge in [-0.15, -0.1) is 10.2 Å². The summed E-state index contributed by atoms with van der Waals surface area (Å²) < 4.78 is 7.30. The topological polar surface area (TPSA) is 72.3 Å². The van der Waals surface area contributed by atoms with Crippen molar-refractivity contribution >= 4 is 23.6 Å². The van der Waals surface area contributed by atoms with Gasteiger partial charge in [0.15, 0.2) is 5.16 Å². The summed E-state index contributed by atoms with van der Waals surface area (Å²) in [5.74, 6) is 1.32. The van der Waals surface area contributed by atoms with Crippen LogP contribution in [0, 0.1) is 5.92 Å². The van der Waals surface area contributed by atoms with E-state index in [1.54, 1.807) is 0 Å². The first-order valence-electron chi connectivity index (χ1n) is 7.65. The molecule has 1 N–H and O–H groups in total. The molecular formula is C14H25N5O2S. The number of ether oxygens (including phenoxy) is 1. The minimum absolute atomic E-state index is 0.0367. The van der Waals surface area contributed by atoms with E-state index in [0.29, 0.717) is 25.7 Å². The SMILES string of the molecule is CC(C)CNC(=O)C(C)Sc1nnc(N2CCOCC2)n1C. The third-order valence-electron chi connectivity index (χ3n) is 3.44. The number of nitrogens with one attached hydrogen (secondary N) is 1. The largest absolute Gasteiger partial charge is 0.378 e. The molecule has 8 heteroatoms. The van der Waals surface area contributed by atoms with E-state index >= 15 is 0 Å². The summed E-state index contributed by atoms with van der Waals surface area (Å²) in [5, 5.41) is 12.0. The van der Waals surface area contributed by atoms with Gasteiger partial charge in [0.25, 0.3) is 0 Å². The van der Waals surface area contributed by atoms with Crippen LogP contribution in [0.25, 0.3) is 0 Å². The van der Waals surface area contributed by atoms with Gasteiger partial charge in [0.1, 0.15) is 0 Å². The van der Waals surface area contributed by atoms with Crippen LogP contribution in [0.4, 0.5) is 5.95 Å². The molecule has 1 aromatic rings. The fourth-order valence-corrected chi connectivity index (χ4v) is 2.94. The second-order valence-electron chi connectivity index (χ2n) is 5.84. The number of carbonyl (C=O) groups excluding carboxylic acids is 1.